The van der Waals surface area contributed by atoms with Crippen LogP contribution in [0.3, 0.4) is 0 Å². The largest absolute Gasteiger partial charge is 0.496 e. The van der Waals surface area contributed by atoms with Crippen LogP contribution < -0.4 is 9.47 Å². The lowest BCUT2D eigenvalue weighted by molar-refractivity contribution is -0.128. The van der Waals surface area contributed by atoms with Gasteiger partial charge in [-0.25, -0.2) is 0 Å². The fourth-order valence-corrected chi connectivity index (χ4v) is 2.65. The number of thiol groups is 1. The van der Waals surface area contributed by atoms with Gasteiger partial charge in [0.15, 0.2) is 0 Å². The summed E-state index contributed by atoms with van der Waals surface area (Å²) in [6.45, 7) is 1.28. The molecule has 5 heteroatoms. The van der Waals surface area contributed by atoms with E-state index in [9.17, 15) is 4.79 Å². The Balaban J connectivity index is 2.21. The summed E-state index contributed by atoms with van der Waals surface area (Å²) in [7, 11) is 3.25. The Labute approximate surface area is 119 Å². The molecule has 1 heterocycles. The summed E-state index contributed by atoms with van der Waals surface area (Å²) in [6.07, 6.45) is 0.584. The fourth-order valence-electron chi connectivity index (χ4n) is 2.40. The summed E-state index contributed by atoms with van der Waals surface area (Å²) in [5.41, 5.74) is 0.917. The third-order valence-electron chi connectivity index (χ3n) is 3.43. The molecular weight excluding hydrogens is 262 g/mol. The van der Waals surface area contributed by atoms with Gasteiger partial charge in [0.05, 0.1) is 26.3 Å². The van der Waals surface area contributed by atoms with Crippen LogP contribution in [0.5, 0.6) is 11.5 Å². The SMILES string of the molecule is COc1cccc(OC)c1CN1CC(CS)CC1=O. The van der Waals surface area contributed by atoms with Crippen LogP contribution in [-0.2, 0) is 11.3 Å². The topological polar surface area (TPSA) is 38.8 Å². The van der Waals surface area contributed by atoms with Crippen LogP contribution >= 0.6 is 12.6 Å². The number of nitrogens with zero attached hydrogens (tertiary/aromatic N) is 1. The number of hydrogen-bond donors (Lipinski definition) is 1. The van der Waals surface area contributed by atoms with E-state index in [0.29, 0.717) is 18.9 Å². The zero-order valence-electron chi connectivity index (χ0n) is 11.3. The predicted octanol–water partition coefficient (Wildman–Crippen LogP) is 1.98. The van der Waals surface area contributed by atoms with Crippen molar-refractivity contribution in [1.29, 1.82) is 0 Å². The number of carbonyl (C=O) groups is 1. The van der Waals surface area contributed by atoms with Crippen molar-refractivity contribution in [3.05, 3.63) is 23.8 Å². The maximum Gasteiger partial charge on any atom is 0.223 e. The number of likely N-dealkylation sites (tertiary alicyclic amines) is 1. The molecule has 1 unspecified atom stereocenters. The predicted molar refractivity (Wildman–Crippen MR) is 76.9 cm³/mol. The number of benzene rings is 1. The van der Waals surface area contributed by atoms with Crippen LogP contribution in [0, 0.1) is 5.92 Å². The van der Waals surface area contributed by atoms with Crippen molar-refractivity contribution in [2.45, 2.75) is 13.0 Å². The number of rotatable bonds is 5. The molecule has 0 bridgehead atoms. The van der Waals surface area contributed by atoms with Crippen LogP contribution in [-0.4, -0.2) is 37.3 Å². The lowest BCUT2D eigenvalue weighted by atomic mass is 10.1. The molecule has 1 aromatic carbocycles. The van der Waals surface area contributed by atoms with Gasteiger partial charge in [-0.15, -0.1) is 0 Å². The summed E-state index contributed by atoms with van der Waals surface area (Å²) >= 11 is 4.27. The standard InChI is InChI=1S/C14H19NO3S/c1-17-12-4-3-5-13(18-2)11(12)8-15-7-10(9-19)6-14(15)16/h3-5,10,19H,6-9H2,1-2H3. The molecule has 1 aliphatic rings. The van der Waals surface area contributed by atoms with Gasteiger partial charge in [-0.2, -0.15) is 12.6 Å². The molecule has 0 aromatic heterocycles. The van der Waals surface area contributed by atoms with E-state index in [1.807, 2.05) is 23.1 Å². The highest BCUT2D eigenvalue weighted by atomic mass is 32.1. The minimum absolute atomic E-state index is 0.173. The molecule has 0 saturated carbocycles. The minimum Gasteiger partial charge on any atom is -0.496 e. The molecule has 0 spiro atoms. The van der Waals surface area contributed by atoms with E-state index in [4.69, 9.17) is 9.47 Å². The normalized spacial score (nSPS) is 18.8. The van der Waals surface area contributed by atoms with E-state index >= 15 is 0 Å². The molecule has 1 saturated heterocycles. The number of carbonyl (C=O) groups excluding carboxylic acids is 1. The maximum atomic E-state index is 12.0. The minimum atomic E-state index is 0.173. The van der Waals surface area contributed by atoms with Crippen LogP contribution in [0.2, 0.25) is 0 Å². The molecule has 2 rings (SSSR count). The fraction of sp³-hybridized carbons (Fsp3) is 0.500. The van der Waals surface area contributed by atoms with E-state index in [0.717, 1.165) is 29.4 Å². The van der Waals surface area contributed by atoms with Crippen LogP contribution in [0.1, 0.15) is 12.0 Å². The lowest BCUT2D eigenvalue weighted by Gasteiger charge is -2.20. The first-order chi connectivity index (χ1) is 9.19. The van der Waals surface area contributed by atoms with Gasteiger partial charge in [0.25, 0.3) is 0 Å². The number of amides is 1. The van der Waals surface area contributed by atoms with Gasteiger partial charge in [-0.05, 0) is 23.8 Å². The van der Waals surface area contributed by atoms with Crippen molar-refractivity contribution in [2.24, 2.45) is 5.92 Å². The van der Waals surface area contributed by atoms with Crippen molar-refractivity contribution in [2.75, 3.05) is 26.5 Å². The molecule has 19 heavy (non-hydrogen) atoms. The first kappa shape index (κ1) is 14.1. The highest BCUT2D eigenvalue weighted by molar-refractivity contribution is 7.80. The Kier molecular flexibility index (Phi) is 4.58. The highest BCUT2D eigenvalue weighted by Gasteiger charge is 2.29. The molecule has 0 radical (unpaired) electrons. The summed E-state index contributed by atoms with van der Waals surface area (Å²) in [5.74, 6) is 2.76. The Hall–Kier alpha value is -1.36. The van der Waals surface area contributed by atoms with Gasteiger partial charge in [0.1, 0.15) is 11.5 Å². The zero-order chi connectivity index (χ0) is 13.8. The smallest absolute Gasteiger partial charge is 0.223 e. The molecule has 1 aliphatic heterocycles. The second kappa shape index (κ2) is 6.19. The Morgan fingerprint density at radius 2 is 1.95 bits per heavy atom. The van der Waals surface area contributed by atoms with Gasteiger partial charge in [0.2, 0.25) is 5.91 Å². The maximum absolute atomic E-state index is 12.0. The summed E-state index contributed by atoms with van der Waals surface area (Å²) in [6, 6.07) is 5.65. The summed E-state index contributed by atoms with van der Waals surface area (Å²) in [4.78, 5) is 13.8. The second-order valence-electron chi connectivity index (χ2n) is 4.67. The molecule has 0 N–H and O–H groups in total. The van der Waals surface area contributed by atoms with Crippen molar-refractivity contribution in [3.8, 4) is 11.5 Å². The first-order valence-electron chi connectivity index (χ1n) is 6.28. The van der Waals surface area contributed by atoms with Crippen LogP contribution in [0.25, 0.3) is 0 Å². The zero-order valence-corrected chi connectivity index (χ0v) is 12.2. The van der Waals surface area contributed by atoms with Gasteiger partial charge in [0, 0.05) is 13.0 Å². The molecule has 4 nitrogen and oxygen atoms in total. The van der Waals surface area contributed by atoms with E-state index in [-0.39, 0.29) is 5.91 Å². The molecule has 104 valence electrons. The third kappa shape index (κ3) is 2.97. The summed E-state index contributed by atoms with van der Waals surface area (Å²) in [5, 5.41) is 0. The quantitative estimate of drug-likeness (QED) is 0.839. The molecule has 0 aliphatic carbocycles. The second-order valence-corrected chi connectivity index (χ2v) is 5.03. The third-order valence-corrected chi connectivity index (χ3v) is 3.95. The monoisotopic (exact) mass is 281 g/mol. The number of methoxy groups -OCH3 is 2. The Morgan fingerprint density at radius 3 is 2.42 bits per heavy atom. The van der Waals surface area contributed by atoms with Gasteiger partial charge in [-0.3, -0.25) is 4.79 Å². The molecular formula is C14H19NO3S. The van der Waals surface area contributed by atoms with Crippen molar-refractivity contribution in [1.82, 2.24) is 4.90 Å². The lowest BCUT2D eigenvalue weighted by Crippen LogP contribution is -2.25. The number of ether oxygens (including phenoxy) is 2. The van der Waals surface area contributed by atoms with Crippen molar-refractivity contribution < 1.29 is 14.3 Å². The van der Waals surface area contributed by atoms with Crippen LogP contribution in [0.15, 0.2) is 18.2 Å². The molecule has 1 atom stereocenters. The van der Waals surface area contributed by atoms with Crippen molar-refractivity contribution in [3.63, 3.8) is 0 Å². The molecule has 1 fully saturated rings. The van der Waals surface area contributed by atoms with Gasteiger partial charge < -0.3 is 14.4 Å². The van der Waals surface area contributed by atoms with E-state index in [2.05, 4.69) is 12.6 Å². The summed E-state index contributed by atoms with van der Waals surface area (Å²) < 4.78 is 10.7. The highest BCUT2D eigenvalue weighted by Crippen LogP contribution is 2.31. The Morgan fingerprint density at radius 1 is 1.32 bits per heavy atom. The first-order valence-corrected chi connectivity index (χ1v) is 6.91. The molecule has 1 aromatic rings. The Bertz CT molecular complexity index is 442. The van der Waals surface area contributed by atoms with E-state index < -0.39 is 0 Å². The number of hydrogen-bond acceptors (Lipinski definition) is 4. The van der Waals surface area contributed by atoms with Crippen LogP contribution in [0.4, 0.5) is 0 Å². The van der Waals surface area contributed by atoms with Gasteiger partial charge in [-0.1, -0.05) is 6.07 Å². The van der Waals surface area contributed by atoms with Crippen molar-refractivity contribution >= 4 is 18.5 Å². The van der Waals surface area contributed by atoms with E-state index in [1.54, 1.807) is 14.2 Å². The van der Waals surface area contributed by atoms with E-state index in [1.165, 1.54) is 0 Å². The average Bonchev–Trinajstić information content (AvgIpc) is 2.79. The molecule has 1 amide bonds. The van der Waals surface area contributed by atoms with Gasteiger partial charge >= 0.3 is 0 Å². The average molecular weight is 281 g/mol.